The SMILES string of the molecule is Cc1cc(C=C2SC(N)=NC2=O)c(C)n1-c1ccc(C(C)C)cc1. The van der Waals surface area contributed by atoms with E-state index in [9.17, 15) is 4.79 Å². The summed E-state index contributed by atoms with van der Waals surface area (Å²) in [7, 11) is 0. The van der Waals surface area contributed by atoms with E-state index < -0.39 is 0 Å². The second kappa shape index (κ2) is 6.32. The summed E-state index contributed by atoms with van der Waals surface area (Å²) < 4.78 is 2.20. The Labute approximate surface area is 146 Å². The lowest BCUT2D eigenvalue weighted by atomic mass is 10.0. The average molecular weight is 339 g/mol. The van der Waals surface area contributed by atoms with E-state index in [0.29, 0.717) is 16.0 Å². The van der Waals surface area contributed by atoms with Crippen LogP contribution < -0.4 is 5.73 Å². The van der Waals surface area contributed by atoms with Crippen LogP contribution in [0.15, 0.2) is 40.2 Å². The zero-order valence-corrected chi connectivity index (χ0v) is 15.1. The second-order valence-corrected chi connectivity index (χ2v) is 7.34. The average Bonchev–Trinajstić information content (AvgIpc) is 2.98. The molecule has 0 radical (unpaired) electrons. The first-order valence-electron chi connectivity index (χ1n) is 7.94. The molecule has 0 aliphatic carbocycles. The van der Waals surface area contributed by atoms with E-state index in [-0.39, 0.29) is 5.91 Å². The first-order valence-corrected chi connectivity index (χ1v) is 8.76. The number of benzene rings is 1. The molecule has 1 aromatic heterocycles. The minimum absolute atomic E-state index is 0.261. The van der Waals surface area contributed by atoms with E-state index in [1.807, 2.05) is 6.08 Å². The number of hydrogen-bond acceptors (Lipinski definition) is 3. The van der Waals surface area contributed by atoms with Gasteiger partial charge in [0, 0.05) is 17.1 Å². The minimum atomic E-state index is -0.261. The Hall–Kier alpha value is -2.27. The molecule has 1 amide bonds. The second-order valence-electron chi connectivity index (χ2n) is 6.27. The van der Waals surface area contributed by atoms with Crippen LogP contribution in [0.5, 0.6) is 0 Å². The molecular weight excluding hydrogens is 318 g/mol. The number of carbonyl (C=O) groups excluding carboxylic acids is 1. The standard InChI is InChI=1S/C19H21N3OS/c1-11(2)14-5-7-16(8-6-14)22-12(3)9-15(13(22)4)10-17-18(23)21-19(20)24-17/h5-11H,1-4H3,(H2,20,21,23). The number of aliphatic imine (C=N–C) groups is 1. The maximum absolute atomic E-state index is 11.8. The van der Waals surface area contributed by atoms with Gasteiger partial charge in [-0.1, -0.05) is 26.0 Å². The number of nitrogens with two attached hydrogens (primary N) is 1. The lowest BCUT2D eigenvalue weighted by Gasteiger charge is -2.12. The smallest absolute Gasteiger partial charge is 0.286 e. The molecule has 0 bridgehead atoms. The van der Waals surface area contributed by atoms with Gasteiger partial charge in [-0.15, -0.1) is 0 Å². The Morgan fingerprint density at radius 2 is 1.88 bits per heavy atom. The largest absolute Gasteiger partial charge is 0.378 e. The molecule has 3 rings (SSSR count). The molecule has 0 fully saturated rings. The topological polar surface area (TPSA) is 60.4 Å². The number of nitrogens with zero attached hydrogens (tertiary/aromatic N) is 2. The van der Waals surface area contributed by atoms with Gasteiger partial charge in [0.05, 0.1) is 4.91 Å². The molecule has 4 nitrogen and oxygen atoms in total. The summed E-state index contributed by atoms with van der Waals surface area (Å²) in [4.78, 5) is 16.1. The van der Waals surface area contributed by atoms with Crippen LogP contribution in [0.1, 0.15) is 42.3 Å². The van der Waals surface area contributed by atoms with Crippen molar-refractivity contribution in [1.82, 2.24) is 4.57 Å². The van der Waals surface area contributed by atoms with Gasteiger partial charge in [-0.25, -0.2) is 0 Å². The molecule has 0 saturated heterocycles. The van der Waals surface area contributed by atoms with Gasteiger partial charge < -0.3 is 10.3 Å². The monoisotopic (exact) mass is 339 g/mol. The van der Waals surface area contributed by atoms with Crippen LogP contribution in [0.25, 0.3) is 11.8 Å². The van der Waals surface area contributed by atoms with E-state index >= 15 is 0 Å². The summed E-state index contributed by atoms with van der Waals surface area (Å²) in [5.41, 5.74) is 11.3. The summed E-state index contributed by atoms with van der Waals surface area (Å²) in [5, 5.41) is 0.310. The van der Waals surface area contributed by atoms with Crippen molar-refractivity contribution in [3.8, 4) is 5.69 Å². The van der Waals surface area contributed by atoms with Crippen molar-refractivity contribution >= 4 is 28.9 Å². The number of rotatable bonds is 3. The number of carbonyl (C=O) groups is 1. The van der Waals surface area contributed by atoms with Gasteiger partial charge in [-0.05, 0) is 66.9 Å². The lowest BCUT2D eigenvalue weighted by molar-refractivity contribution is -0.113. The van der Waals surface area contributed by atoms with Gasteiger partial charge in [0.1, 0.15) is 0 Å². The van der Waals surface area contributed by atoms with Crippen LogP contribution >= 0.6 is 11.8 Å². The number of amidine groups is 1. The van der Waals surface area contributed by atoms with E-state index in [1.54, 1.807) is 0 Å². The van der Waals surface area contributed by atoms with Crippen LogP contribution in [0.3, 0.4) is 0 Å². The highest BCUT2D eigenvalue weighted by Gasteiger charge is 2.20. The molecule has 0 unspecified atom stereocenters. The van der Waals surface area contributed by atoms with Gasteiger partial charge >= 0.3 is 0 Å². The first kappa shape index (κ1) is 16.6. The van der Waals surface area contributed by atoms with E-state index in [4.69, 9.17) is 5.73 Å². The fourth-order valence-corrected chi connectivity index (χ4v) is 3.58. The highest BCUT2D eigenvalue weighted by Crippen LogP contribution is 2.29. The molecule has 0 spiro atoms. The van der Waals surface area contributed by atoms with Crippen LogP contribution in [0, 0.1) is 13.8 Å². The van der Waals surface area contributed by atoms with E-state index in [0.717, 1.165) is 22.6 Å². The first-order chi connectivity index (χ1) is 11.4. The van der Waals surface area contributed by atoms with E-state index in [1.165, 1.54) is 17.3 Å². The van der Waals surface area contributed by atoms with Crippen LogP contribution in [-0.2, 0) is 4.79 Å². The summed E-state index contributed by atoms with van der Waals surface area (Å²) in [6.07, 6.45) is 1.87. The summed E-state index contributed by atoms with van der Waals surface area (Å²) in [6.45, 7) is 8.51. The Balaban J connectivity index is 1.98. The zero-order valence-electron chi connectivity index (χ0n) is 14.3. The summed E-state index contributed by atoms with van der Waals surface area (Å²) in [5.74, 6) is 0.255. The van der Waals surface area contributed by atoms with Crippen molar-refractivity contribution in [2.45, 2.75) is 33.6 Å². The minimum Gasteiger partial charge on any atom is -0.378 e. The lowest BCUT2D eigenvalue weighted by Crippen LogP contribution is -2.01. The number of aryl methyl sites for hydroxylation is 1. The van der Waals surface area contributed by atoms with Crippen LogP contribution in [0.2, 0.25) is 0 Å². The van der Waals surface area contributed by atoms with Crippen LogP contribution in [0.4, 0.5) is 0 Å². The molecule has 1 aliphatic rings. The predicted octanol–water partition coefficient (Wildman–Crippen LogP) is 4.15. The molecule has 124 valence electrons. The highest BCUT2D eigenvalue weighted by molar-refractivity contribution is 8.18. The van der Waals surface area contributed by atoms with Gasteiger partial charge in [-0.3, -0.25) is 4.79 Å². The maximum atomic E-state index is 11.8. The number of hydrogen-bond donors (Lipinski definition) is 1. The van der Waals surface area contributed by atoms with Crippen molar-refractivity contribution in [3.05, 3.63) is 57.8 Å². The van der Waals surface area contributed by atoms with Gasteiger partial charge in [0.2, 0.25) is 0 Å². The molecule has 24 heavy (non-hydrogen) atoms. The molecule has 1 aliphatic heterocycles. The third-order valence-corrected chi connectivity index (χ3v) is 5.02. The normalized spacial score (nSPS) is 16.3. The third kappa shape index (κ3) is 3.04. The molecule has 2 heterocycles. The Kier molecular flexibility index (Phi) is 4.37. The Bertz CT molecular complexity index is 857. The summed E-state index contributed by atoms with van der Waals surface area (Å²) >= 11 is 1.22. The third-order valence-electron chi connectivity index (χ3n) is 4.21. The van der Waals surface area contributed by atoms with Gasteiger partial charge in [0.25, 0.3) is 5.91 Å². The zero-order chi connectivity index (χ0) is 17.4. The van der Waals surface area contributed by atoms with Crippen molar-refractivity contribution < 1.29 is 4.79 Å². The van der Waals surface area contributed by atoms with Crippen molar-refractivity contribution in [2.75, 3.05) is 0 Å². The molecular formula is C19H21N3OS. The van der Waals surface area contributed by atoms with Gasteiger partial charge in [-0.2, -0.15) is 4.99 Å². The number of aromatic nitrogens is 1. The maximum Gasteiger partial charge on any atom is 0.286 e. The number of amides is 1. The Morgan fingerprint density at radius 3 is 2.42 bits per heavy atom. The molecule has 5 heteroatoms. The quantitative estimate of drug-likeness (QED) is 0.855. The fourth-order valence-electron chi connectivity index (χ4n) is 2.91. The molecule has 0 saturated carbocycles. The molecule has 2 N–H and O–H groups in total. The van der Waals surface area contributed by atoms with Crippen molar-refractivity contribution in [3.63, 3.8) is 0 Å². The molecule has 0 atom stereocenters. The number of thioether (sulfide) groups is 1. The predicted molar refractivity (Wildman–Crippen MR) is 102 cm³/mol. The summed E-state index contributed by atoms with van der Waals surface area (Å²) in [6, 6.07) is 10.7. The van der Waals surface area contributed by atoms with E-state index in [2.05, 4.69) is 67.6 Å². The molecule has 1 aromatic carbocycles. The Morgan fingerprint density at radius 1 is 1.21 bits per heavy atom. The van der Waals surface area contributed by atoms with Crippen molar-refractivity contribution in [2.24, 2.45) is 10.7 Å². The van der Waals surface area contributed by atoms with Crippen LogP contribution in [-0.4, -0.2) is 15.6 Å². The molecule has 2 aromatic rings. The van der Waals surface area contributed by atoms with Crippen molar-refractivity contribution in [1.29, 1.82) is 0 Å². The van der Waals surface area contributed by atoms with Gasteiger partial charge in [0.15, 0.2) is 5.17 Å². The highest BCUT2D eigenvalue weighted by atomic mass is 32.2. The fraction of sp³-hybridized carbons (Fsp3) is 0.263.